The topological polar surface area (TPSA) is 54.8 Å². The second-order valence-electron chi connectivity index (χ2n) is 8.43. The fourth-order valence-corrected chi connectivity index (χ4v) is 4.60. The summed E-state index contributed by atoms with van der Waals surface area (Å²) < 4.78 is 7.45. The van der Waals surface area contributed by atoms with Crippen LogP contribution in [0, 0.1) is 0 Å². The molecule has 1 fully saturated rings. The summed E-state index contributed by atoms with van der Waals surface area (Å²) in [6, 6.07) is 23.2. The number of hydrogen-bond acceptors (Lipinski definition) is 4. The molecule has 1 aliphatic rings. The number of hydrogen-bond donors (Lipinski definition) is 0. The normalized spacial score (nSPS) is 14.0. The minimum absolute atomic E-state index is 0.00214. The van der Waals surface area contributed by atoms with Crippen molar-refractivity contribution in [2.45, 2.75) is 13.1 Å². The standard InChI is InChI=1S/C27H27N3O3/c1-28(18-20-8-2-5-11-23(20)29-14-16-33-17-15-29)26(31)19-30-24-12-6-3-9-21(24)27(32)22-10-4-7-13-25(22)30/h2-13H,14-19H2,1H3. The Kier molecular flexibility index (Phi) is 5.84. The third kappa shape index (κ3) is 4.10. The Morgan fingerprint density at radius 1 is 0.879 bits per heavy atom. The molecule has 0 saturated carbocycles. The van der Waals surface area contributed by atoms with E-state index in [1.165, 1.54) is 0 Å². The molecule has 1 aromatic heterocycles. The van der Waals surface area contributed by atoms with Crippen LogP contribution in [-0.2, 0) is 22.6 Å². The molecular weight excluding hydrogens is 414 g/mol. The third-order valence-corrected chi connectivity index (χ3v) is 6.35. The lowest BCUT2D eigenvalue weighted by Gasteiger charge is -2.31. The van der Waals surface area contributed by atoms with Crippen molar-refractivity contribution in [3.05, 3.63) is 88.6 Å². The van der Waals surface area contributed by atoms with Crippen molar-refractivity contribution in [1.29, 1.82) is 0 Å². The van der Waals surface area contributed by atoms with Crippen molar-refractivity contribution in [2.75, 3.05) is 38.3 Å². The Morgan fingerprint density at radius 3 is 2.12 bits per heavy atom. The van der Waals surface area contributed by atoms with Crippen molar-refractivity contribution in [1.82, 2.24) is 9.47 Å². The van der Waals surface area contributed by atoms with E-state index in [9.17, 15) is 9.59 Å². The van der Waals surface area contributed by atoms with Crippen LogP contribution in [0.15, 0.2) is 77.6 Å². The van der Waals surface area contributed by atoms with E-state index in [2.05, 4.69) is 17.0 Å². The van der Waals surface area contributed by atoms with Gasteiger partial charge in [-0.25, -0.2) is 0 Å². The molecule has 1 amide bonds. The largest absolute Gasteiger partial charge is 0.378 e. The van der Waals surface area contributed by atoms with E-state index in [1.54, 1.807) is 4.90 Å². The molecule has 5 rings (SSSR count). The van der Waals surface area contributed by atoms with E-state index >= 15 is 0 Å². The van der Waals surface area contributed by atoms with Crippen LogP contribution in [0.3, 0.4) is 0 Å². The van der Waals surface area contributed by atoms with Gasteiger partial charge in [-0.15, -0.1) is 0 Å². The molecular formula is C27H27N3O3. The molecule has 0 N–H and O–H groups in total. The smallest absolute Gasteiger partial charge is 0.242 e. The number of aromatic nitrogens is 1. The summed E-state index contributed by atoms with van der Waals surface area (Å²) in [4.78, 5) is 30.4. The van der Waals surface area contributed by atoms with Gasteiger partial charge in [0.15, 0.2) is 5.43 Å². The van der Waals surface area contributed by atoms with E-state index in [0.717, 1.165) is 48.6 Å². The SMILES string of the molecule is CN(Cc1ccccc1N1CCOCC1)C(=O)Cn1c2ccccc2c(=O)c2ccccc21. The van der Waals surface area contributed by atoms with E-state index < -0.39 is 0 Å². The maximum atomic E-state index is 13.4. The zero-order valence-corrected chi connectivity index (χ0v) is 18.7. The first kappa shape index (κ1) is 21.2. The fourth-order valence-electron chi connectivity index (χ4n) is 4.60. The molecule has 0 bridgehead atoms. The summed E-state index contributed by atoms with van der Waals surface area (Å²) in [5.41, 5.74) is 3.82. The first-order valence-corrected chi connectivity index (χ1v) is 11.3. The van der Waals surface area contributed by atoms with Gasteiger partial charge in [0.05, 0.1) is 24.2 Å². The van der Waals surface area contributed by atoms with Crippen LogP contribution in [0.5, 0.6) is 0 Å². The molecule has 0 atom stereocenters. The van der Waals surface area contributed by atoms with E-state index in [-0.39, 0.29) is 17.9 Å². The highest BCUT2D eigenvalue weighted by molar-refractivity contribution is 5.94. The molecule has 168 valence electrons. The number of benzene rings is 3. The summed E-state index contributed by atoms with van der Waals surface area (Å²) in [7, 11) is 1.84. The molecule has 33 heavy (non-hydrogen) atoms. The van der Waals surface area contributed by atoms with Gasteiger partial charge in [0.25, 0.3) is 0 Å². The lowest BCUT2D eigenvalue weighted by molar-refractivity contribution is -0.130. The molecule has 1 saturated heterocycles. The van der Waals surface area contributed by atoms with Gasteiger partial charge in [-0.2, -0.15) is 0 Å². The van der Waals surface area contributed by atoms with E-state index in [1.807, 2.05) is 72.3 Å². The van der Waals surface area contributed by atoms with Gasteiger partial charge in [-0.3, -0.25) is 9.59 Å². The second-order valence-corrected chi connectivity index (χ2v) is 8.43. The minimum atomic E-state index is -0.00858. The number of carbonyl (C=O) groups excluding carboxylic acids is 1. The van der Waals surface area contributed by atoms with Crippen LogP contribution in [0.2, 0.25) is 0 Å². The summed E-state index contributed by atoms with van der Waals surface area (Å²) in [6.45, 7) is 3.82. The van der Waals surface area contributed by atoms with Gasteiger partial charge in [0.1, 0.15) is 6.54 Å². The van der Waals surface area contributed by atoms with E-state index in [4.69, 9.17) is 4.74 Å². The Labute approximate surface area is 192 Å². The molecule has 0 aliphatic carbocycles. The number of anilines is 1. The predicted octanol–water partition coefficient (Wildman–Crippen LogP) is 3.65. The first-order valence-electron chi connectivity index (χ1n) is 11.3. The fraction of sp³-hybridized carbons (Fsp3) is 0.259. The number of para-hydroxylation sites is 3. The van der Waals surface area contributed by atoms with Gasteiger partial charge in [0, 0.05) is 43.1 Å². The number of pyridine rings is 1. The van der Waals surface area contributed by atoms with Gasteiger partial charge < -0.3 is 19.1 Å². The highest BCUT2D eigenvalue weighted by atomic mass is 16.5. The second kappa shape index (κ2) is 9.08. The molecule has 1 aliphatic heterocycles. The summed E-state index contributed by atoms with van der Waals surface area (Å²) >= 11 is 0. The molecule has 3 aromatic carbocycles. The lowest BCUT2D eigenvalue weighted by atomic mass is 10.1. The first-order chi connectivity index (χ1) is 16.1. The van der Waals surface area contributed by atoms with Gasteiger partial charge in [0.2, 0.25) is 5.91 Å². The van der Waals surface area contributed by atoms with Crippen LogP contribution in [0.25, 0.3) is 21.8 Å². The van der Waals surface area contributed by atoms with Crippen LogP contribution >= 0.6 is 0 Å². The monoisotopic (exact) mass is 441 g/mol. The van der Waals surface area contributed by atoms with Crippen LogP contribution in [-0.4, -0.2) is 48.7 Å². The summed E-state index contributed by atoms with van der Waals surface area (Å²) in [5.74, 6) is -0.00858. The molecule has 0 spiro atoms. The van der Waals surface area contributed by atoms with Crippen molar-refractivity contribution in [3.8, 4) is 0 Å². The summed E-state index contributed by atoms with van der Waals surface area (Å²) in [6.07, 6.45) is 0. The minimum Gasteiger partial charge on any atom is -0.378 e. The highest BCUT2D eigenvalue weighted by Crippen LogP contribution is 2.24. The number of amides is 1. The van der Waals surface area contributed by atoms with E-state index in [0.29, 0.717) is 17.3 Å². The average Bonchev–Trinajstić information content (AvgIpc) is 2.87. The Bertz CT molecular complexity index is 1310. The Hall–Kier alpha value is -3.64. The lowest BCUT2D eigenvalue weighted by Crippen LogP contribution is -2.37. The zero-order chi connectivity index (χ0) is 22.8. The van der Waals surface area contributed by atoms with Crippen molar-refractivity contribution < 1.29 is 9.53 Å². The summed E-state index contributed by atoms with van der Waals surface area (Å²) in [5, 5.41) is 1.26. The number of ether oxygens (including phenoxy) is 1. The molecule has 6 heteroatoms. The maximum absolute atomic E-state index is 13.4. The molecule has 6 nitrogen and oxygen atoms in total. The third-order valence-electron chi connectivity index (χ3n) is 6.35. The highest BCUT2D eigenvalue weighted by Gasteiger charge is 2.19. The van der Waals surface area contributed by atoms with Gasteiger partial charge in [-0.1, -0.05) is 42.5 Å². The Morgan fingerprint density at radius 2 is 1.45 bits per heavy atom. The van der Waals surface area contributed by atoms with Crippen molar-refractivity contribution >= 4 is 33.4 Å². The Balaban J connectivity index is 1.45. The number of rotatable bonds is 5. The molecule has 0 radical (unpaired) electrons. The zero-order valence-electron chi connectivity index (χ0n) is 18.7. The van der Waals surface area contributed by atoms with Crippen LogP contribution in [0.4, 0.5) is 5.69 Å². The van der Waals surface area contributed by atoms with Gasteiger partial charge >= 0.3 is 0 Å². The number of carbonyl (C=O) groups is 1. The molecule has 0 unspecified atom stereocenters. The number of nitrogens with zero attached hydrogens (tertiary/aromatic N) is 3. The van der Waals surface area contributed by atoms with Crippen molar-refractivity contribution in [2.24, 2.45) is 0 Å². The van der Waals surface area contributed by atoms with Gasteiger partial charge in [-0.05, 0) is 35.9 Å². The number of fused-ring (bicyclic) bond motifs is 2. The number of morpholine rings is 1. The van der Waals surface area contributed by atoms with Crippen LogP contribution in [0.1, 0.15) is 5.56 Å². The predicted molar refractivity (Wildman–Crippen MR) is 132 cm³/mol. The quantitative estimate of drug-likeness (QED) is 0.444. The molecule has 4 aromatic rings. The van der Waals surface area contributed by atoms with Crippen molar-refractivity contribution in [3.63, 3.8) is 0 Å². The average molecular weight is 442 g/mol. The molecule has 2 heterocycles. The maximum Gasteiger partial charge on any atom is 0.242 e. The van der Waals surface area contributed by atoms with Crippen LogP contribution < -0.4 is 10.3 Å². The number of likely N-dealkylation sites (N-methyl/N-ethyl adjacent to an activating group) is 1.